The van der Waals surface area contributed by atoms with E-state index in [1.165, 1.54) is 6.33 Å². The van der Waals surface area contributed by atoms with Crippen LogP contribution in [0.5, 0.6) is 0 Å². The minimum absolute atomic E-state index is 0. The first-order valence-electron chi connectivity index (χ1n) is 4.65. The molecular weight excluding hydrogens is 228 g/mol. The molecular formula is C10H9ClN4O. The fraction of sp³-hybridized carbons (Fsp3) is 0.200. The van der Waals surface area contributed by atoms with E-state index in [-0.39, 0.29) is 24.2 Å². The van der Waals surface area contributed by atoms with Gasteiger partial charge in [-0.25, -0.2) is 9.97 Å². The highest BCUT2D eigenvalue weighted by molar-refractivity contribution is 5.94. The van der Waals surface area contributed by atoms with Gasteiger partial charge in [-0.15, -0.1) is 12.4 Å². The molecule has 0 saturated carbocycles. The predicted octanol–water partition coefficient (Wildman–Crippen LogP) is 0.572. The lowest BCUT2D eigenvalue weighted by molar-refractivity contribution is -0.119. The van der Waals surface area contributed by atoms with Crippen molar-refractivity contribution in [3.8, 4) is 0 Å². The highest BCUT2D eigenvalue weighted by Crippen LogP contribution is 2.34. The molecule has 2 N–H and O–H groups in total. The molecule has 1 aliphatic carbocycles. The molecule has 1 amide bonds. The van der Waals surface area contributed by atoms with Crippen LogP contribution >= 0.6 is 12.4 Å². The number of nitrogens with zero attached hydrogens (tertiary/aromatic N) is 3. The Kier molecular flexibility index (Phi) is 2.47. The van der Waals surface area contributed by atoms with E-state index in [9.17, 15) is 4.79 Å². The average Bonchev–Trinajstić information content (AvgIpc) is 2.61. The van der Waals surface area contributed by atoms with Gasteiger partial charge in [0, 0.05) is 18.0 Å². The number of nitrogens with two attached hydrogens (primary N) is 1. The maximum Gasteiger partial charge on any atom is 0.226 e. The van der Waals surface area contributed by atoms with Crippen molar-refractivity contribution in [2.75, 3.05) is 0 Å². The second kappa shape index (κ2) is 3.68. The third-order valence-electron chi connectivity index (χ3n) is 2.73. The van der Waals surface area contributed by atoms with Gasteiger partial charge in [0.15, 0.2) is 0 Å². The van der Waals surface area contributed by atoms with E-state index in [0.717, 1.165) is 22.3 Å². The van der Waals surface area contributed by atoms with Crippen molar-refractivity contribution >= 4 is 29.2 Å². The number of carbonyl (C=O) groups is 1. The summed E-state index contributed by atoms with van der Waals surface area (Å²) in [6.45, 7) is 0. The van der Waals surface area contributed by atoms with Crippen LogP contribution in [0.3, 0.4) is 0 Å². The molecule has 16 heavy (non-hydrogen) atoms. The lowest BCUT2D eigenvalue weighted by atomic mass is 10.1. The van der Waals surface area contributed by atoms with Crippen LogP contribution < -0.4 is 5.73 Å². The van der Waals surface area contributed by atoms with Gasteiger partial charge in [0.05, 0.1) is 22.8 Å². The van der Waals surface area contributed by atoms with Gasteiger partial charge in [-0.3, -0.25) is 9.78 Å². The van der Waals surface area contributed by atoms with Crippen LogP contribution in [-0.2, 0) is 11.2 Å². The van der Waals surface area contributed by atoms with Crippen molar-refractivity contribution in [3.63, 3.8) is 0 Å². The highest BCUT2D eigenvalue weighted by atomic mass is 35.5. The average molecular weight is 237 g/mol. The van der Waals surface area contributed by atoms with Crippen LogP contribution in [0.4, 0.5) is 0 Å². The van der Waals surface area contributed by atoms with Crippen molar-refractivity contribution < 1.29 is 4.79 Å². The highest BCUT2D eigenvalue weighted by Gasteiger charge is 2.30. The van der Waals surface area contributed by atoms with Gasteiger partial charge in [0.25, 0.3) is 0 Å². The van der Waals surface area contributed by atoms with Crippen molar-refractivity contribution in [2.24, 2.45) is 5.73 Å². The minimum Gasteiger partial charge on any atom is -0.369 e. The third-order valence-corrected chi connectivity index (χ3v) is 2.73. The molecule has 82 valence electrons. The standard InChI is InChI=1S/C10H8N4O.ClH/c11-10(15)5-3-7-8-6(1-2-12-7)13-4-14-9(5)8;/h1-2,4-5H,3H2,(H2,11,15);1H. The molecule has 0 spiro atoms. The molecule has 2 heterocycles. The Bertz CT molecular complexity index is 566. The van der Waals surface area contributed by atoms with E-state index >= 15 is 0 Å². The Morgan fingerprint density at radius 3 is 2.94 bits per heavy atom. The number of primary amides is 1. The van der Waals surface area contributed by atoms with Crippen LogP contribution in [0.2, 0.25) is 0 Å². The van der Waals surface area contributed by atoms with Crippen molar-refractivity contribution in [2.45, 2.75) is 12.3 Å². The molecule has 1 atom stereocenters. The van der Waals surface area contributed by atoms with Crippen LogP contribution in [0.25, 0.3) is 10.9 Å². The molecule has 2 aromatic heterocycles. The fourth-order valence-corrected chi connectivity index (χ4v) is 2.04. The molecule has 5 nitrogen and oxygen atoms in total. The topological polar surface area (TPSA) is 81.8 Å². The van der Waals surface area contributed by atoms with E-state index in [1.807, 2.05) is 6.07 Å². The predicted molar refractivity (Wildman–Crippen MR) is 60.2 cm³/mol. The molecule has 0 fully saturated rings. The van der Waals surface area contributed by atoms with Gasteiger partial charge in [-0.2, -0.15) is 0 Å². The number of aromatic nitrogens is 3. The number of carbonyl (C=O) groups excluding carboxylic acids is 1. The number of hydrogen-bond acceptors (Lipinski definition) is 4. The zero-order chi connectivity index (χ0) is 10.4. The van der Waals surface area contributed by atoms with Gasteiger partial charge in [0.1, 0.15) is 6.33 Å². The van der Waals surface area contributed by atoms with Crippen molar-refractivity contribution in [3.05, 3.63) is 30.0 Å². The SMILES string of the molecule is Cl.NC(=O)C1Cc2nccc3ncnc1c23. The second-order valence-corrected chi connectivity index (χ2v) is 3.57. The molecule has 0 radical (unpaired) electrons. The summed E-state index contributed by atoms with van der Waals surface area (Å²) in [5.41, 5.74) is 7.74. The number of hydrogen-bond donors (Lipinski definition) is 1. The summed E-state index contributed by atoms with van der Waals surface area (Å²) in [5.74, 6) is -0.701. The summed E-state index contributed by atoms with van der Waals surface area (Å²) in [6, 6.07) is 1.81. The summed E-state index contributed by atoms with van der Waals surface area (Å²) in [5, 5.41) is 0.892. The normalized spacial score (nSPS) is 17.1. The first-order chi connectivity index (χ1) is 7.27. The monoisotopic (exact) mass is 236 g/mol. The Morgan fingerprint density at radius 2 is 2.19 bits per heavy atom. The molecule has 0 saturated heterocycles. The molecule has 0 aliphatic heterocycles. The lowest BCUT2D eigenvalue weighted by Gasteiger charge is -2.03. The summed E-state index contributed by atoms with van der Waals surface area (Å²) in [7, 11) is 0. The summed E-state index contributed by atoms with van der Waals surface area (Å²) in [4.78, 5) is 23.7. The van der Waals surface area contributed by atoms with Crippen molar-refractivity contribution in [1.82, 2.24) is 15.0 Å². The Morgan fingerprint density at radius 1 is 1.38 bits per heavy atom. The van der Waals surface area contributed by atoms with Gasteiger partial charge in [-0.05, 0) is 6.07 Å². The van der Waals surface area contributed by atoms with Crippen LogP contribution in [0.1, 0.15) is 17.3 Å². The molecule has 6 heteroatoms. The van der Waals surface area contributed by atoms with Crippen LogP contribution in [0, 0.1) is 0 Å². The molecule has 1 aliphatic rings. The summed E-state index contributed by atoms with van der Waals surface area (Å²) >= 11 is 0. The van der Waals surface area contributed by atoms with Gasteiger partial charge in [-0.1, -0.05) is 0 Å². The maximum absolute atomic E-state index is 11.2. The van der Waals surface area contributed by atoms with Gasteiger partial charge < -0.3 is 5.73 Å². The molecule has 2 aromatic rings. The van der Waals surface area contributed by atoms with Crippen molar-refractivity contribution in [1.29, 1.82) is 0 Å². The van der Waals surface area contributed by atoms with Gasteiger partial charge >= 0.3 is 0 Å². The molecule has 0 aromatic carbocycles. The number of amides is 1. The minimum atomic E-state index is -0.354. The van der Waals surface area contributed by atoms with Crippen LogP contribution in [0.15, 0.2) is 18.6 Å². The van der Waals surface area contributed by atoms with E-state index < -0.39 is 0 Å². The maximum atomic E-state index is 11.2. The number of rotatable bonds is 1. The van der Waals surface area contributed by atoms with E-state index in [0.29, 0.717) is 6.42 Å². The van der Waals surface area contributed by atoms with E-state index in [4.69, 9.17) is 5.73 Å². The van der Waals surface area contributed by atoms with E-state index in [1.54, 1.807) is 6.20 Å². The number of halogens is 1. The quantitative estimate of drug-likeness (QED) is 0.785. The summed E-state index contributed by atoms with van der Waals surface area (Å²) in [6.07, 6.45) is 3.70. The first kappa shape index (κ1) is 10.8. The van der Waals surface area contributed by atoms with Crippen LogP contribution in [-0.4, -0.2) is 20.9 Å². The zero-order valence-corrected chi connectivity index (χ0v) is 9.07. The fourth-order valence-electron chi connectivity index (χ4n) is 2.04. The molecule has 3 rings (SSSR count). The smallest absolute Gasteiger partial charge is 0.226 e. The van der Waals surface area contributed by atoms with E-state index in [2.05, 4.69) is 15.0 Å². The third kappa shape index (κ3) is 1.32. The second-order valence-electron chi connectivity index (χ2n) is 3.57. The summed E-state index contributed by atoms with van der Waals surface area (Å²) < 4.78 is 0. The van der Waals surface area contributed by atoms with Gasteiger partial charge in [0.2, 0.25) is 5.91 Å². The largest absolute Gasteiger partial charge is 0.369 e. The number of pyridine rings is 1. The molecule has 0 bridgehead atoms. The lowest BCUT2D eigenvalue weighted by Crippen LogP contribution is -2.21. The molecule has 1 unspecified atom stereocenters. The Hall–Kier alpha value is -1.75. The zero-order valence-electron chi connectivity index (χ0n) is 8.25. The Labute approximate surface area is 97.5 Å². The Balaban J connectivity index is 0.000000963. The first-order valence-corrected chi connectivity index (χ1v) is 4.65.